The van der Waals surface area contributed by atoms with Crippen LogP contribution in [0.15, 0.2) is 59.6 Å². The second kappa shape index (κ2) is 7.83. The molecule has 3 nitrogen and oxygen atoms in total. The summed E-state index contributed by atoms with van der Waals surface area (Å²) in [4.78, 5) is 6.73. The van der Waals surface area contributed by atoms with Crippen LogP contribution >= 0.6 is 35.6 Å². The van der Waals surface area contributed by atoms with Gasteiger partial charge in [-0.3, -0.25) is 4.99 Å². The van der Waals surface area contributed by atoms with Gasteiger partial charge in [-0.2, -0.15) is 0 Å². The summed E-state index contributed by atoms with van der Waals surface area (Å²) in [5.41, 5.74) is 2.45. The fourth-order valence-electron chi connectivity index (χ4n) is 2.51. The summed E-state index contributed by atoms with van der Waals surface area (Å²) in [6.07, 6.45) is 0. The first-order valence-electron chi connectivity index (χ1n) is 7.04. The Balaban J connectivity index is 0.00000176. The van der Waals surface area contributed by atoms with Crippen molar-refractivity contribution >= 4 is 41.5 Å². The van der Waals surface area contributed by atoms with E-state index in [0.29, 0.717) is 0 Å². The maximum absolute atomic E-state index is 6.03. The minimum atomic E-state index is 0. The average molecular weight is 428 g/mol. The number of guanidine groups is 1. The van der Waals surface area contributed by atoms with E-state index in [1.165, 1.54) is 11.1 Å². The van der Waals surface area contributed by atoms with Crippen molar-refractivity contribution in [2.75, 3.05) is 13.6 Å². The van der Waals surface area contributed by atoms with E-state index < -0.39 is 0 Å². The highest BCUT2D eigenvalue weighted by Crippen LogP contribution is 2.18. The molecular weight excluding hydrogens is 409 g/mol. The minimum Gasteiger partial charge on any atom is -0.348 e. The lowest BCUT2D eigenvalue weighted by atomic mass is 10.1. The van der Waals surface area contributed by atoms with Crippen molar-refractivity contribution in [3.63, 3.8) is 0 Å². The maximum atomic E-state index is 6.03. The molecule has 22 heavy (non-hydrogen) atoms. The van der Waals surface area contributed by atoms with Crippen LogP contribution in [-0.4, -0.2) is 24.5 Å². The first-order chi connectivity index (χ1) is 10.2. The van der Waals surface area contributed by atoms with Gasteiger partial charge in [0.1, 0.15) is 0 Å². The summed E-state index contributed by atoms with van der Waals surface area (Å²) in [5, 5.41) is 4.25. The van der Waals surface area contributed by atoms with Crippen LogP contribution in [-0.2, 0) is 6.54 Å². The van der Waals surface area contributed by atoms with Crippen LogP contribution < -0.4 is 5.32 Å². The molecular formula is C17H19ClIN3. The molecule has 1 aliphatic heterocycles. The number of nitrogens with one attached hydrogen (secondary N) is 1. The molecule has 0 spiro atoms. The fraction of sp³-hybridized carbons (Fsp3) is 0.235. The Morgan fingerprint density at radius 1 is 1.18 bits per heavy atom. The predicted molar refractivity (Wildman–Crippen MR) is 103 cm³/mol. The zero-order valence-electron chi connectivity index (χ0n) is 12.4. The highest BCUT2D eigenvalue weighted by atomic mass is 127. The maximum Gasteiger partial charge on any atom is 0.194 e. The number of benzene rings is 2. The molecule has 2 aromatic carbocycles. The fourth-order valence-corrected chi connectivity index (χ4v) is 2.73. The summed E-state index contributed by atoms with van der Waals surface area (Å²) >= 11 is 6.03. The van der Waals surface area contributed by atoms with Crippen LogP contribution in [0.4, 0.5) is 0 Å². The second-order valence-corrected chi connectivity index (χ2v) is 5.69. The van der Waals surface area contributed by atoms with Crippen LogP contribution in [0.3, 0.4) is 0 Å². The number of rotatable bonds is 3. The van der Waals surface area contributed by atoms with E-state index in [1.807, 2.05) is 31.3 Å². The van der Waals surface area contributed by atoms with E-state index in [0.717, 1.165) is 24.1 Å². The molecule has 0 aromatic heterocycles. The minimum absolute atomic E-state index is 0. The normalized spacial score (nSPS) is 16.5. The molecule has 1 N–H and O–H groups in total. The van der Waals surface area contributed by atoms with Gasteiger partial charge in [0.15, 0.2) is 5.96 Å². The summed E-state index contributed by atoms with van der Waals surface area (Å²) < 4.78 is 0. The lowest BCUT2D eigenvalue weighted by molar-refractivity contribution is 0.480. The molecule has 0 bridgehead atoms. The smallest absolute Gasteiger partial charge is 0.194 e. The third kappa shape index (κ3) is 4.14. The molecule has 0 fully saturated rings. The molecule has 0 amide bonds. The molecule has 0 saturated heterocycles. The van der Waals surface area contributed by atoms with Gasteiger partial charge in [0.25, 0.3) is 0 Å². The summed E-state index contributed by atoms with van der Waals surface area (Å²) in [7, 11) is 2.04. The van der Waals surface area contributed by atoms with Crippen molar-refractivity contribution in [1.82, 2.24) is 10.2 Å². The average Bonchev–Trinajstić information content (AvgIpc) is 2.98. The third-order valence-corrected chi connectivity index (χ3v) is 3.83. The van der Waals surface area contributed by atoms with Crippen molar-refractivity contribution in [2.24, 2.45) is 4.99 Å². The van der Waals surface area contributed by atoms with Crippen molar-refractivity contribution in [2.45, 2.75) is 12.6 Å². The summed E-state index contributed by atoms with van der Waals surface area (Å²) in [6.45, 7) is 1.56. The van der Waals surface area contributed by atoms with E-state index in [2.05, 4.69) is 45.5 Å². The van der Waals surface area contributed by atoms with Gasteiger partial charge in [-0.25, -0.2) is 0 Å². The Labute approximate surface area is 153 Å². The molecule has 2 aromatic rings. The molecule has 5 heteroatoms. The van der Waals surface area contributed by atoms with Gasteiger partial charge in [-0.1, -0.05) is 54.1 Å². The predicted octanol–water partition coefficient (Wildman–Crippen LogP) is 4.09. The van der Waals surface area contributed by atoms with Crippen LogP contribution in [0, 0.1) is 0 Å². The van der Waals surface area contributed by atoms with E-state index in [-0.39, 0.29) is 30.0 Å². The molecule has 1 atom stereocenters. The van der Waals surface area contributed by atoms with Gasteiger partial charge < -0.3 is 10.2 Å². The number of hydrogen-bond donors (Lipinski definition) is 1. The molecule has 0 aliphatic carbocycles. The van der Waals surface area contributed by atoms with Crippen LogP contribution in [0.2, 0.25) is 5.02 Å². The lowest BCUT2D eigenvalue weighted by Gasteiger charge is -2.21. The van der Waals surface area contributed by atoms with Gasteiger partial charge in [0, 0.05) is 18.6 Å². The van der Waals surface area contributed by atoms with Gasteiger partial charge >= 0.3 is 0 Å². The quantitative estimate of drug-likeness (QED) is 0.747. The number of nitrogens with zero attached hydrogens (tertiary/aromatic N) is 2. The van der Waals surface area contributed by atoms with Crippen molar-refractivity contribution in [3.8, 4) is 0 Å². The Morgan fingerprint density at radius 2 is 1.95 bits per heavy atom. The molecule has 1 aliphatic rings. The zero-order chi connectivity index (χ0) is 14.7. The van der Waals surface area contributed by atoms with E-state index in [4.69, 9.17) is 11.6 Å². The summed E-state index contributed by atoms with van der Waals surface area (Å²) in [6, 6.07) is 18.6. The van der Waals surface area contributed by atoms with E-state index in [9.17, 15) is 0 Å². The molecule has 1 heterocycles. The van der Waals surface area contributed by atoms with Crippen LogP contribution in [0.1, 0.15) is 17.2 Å². The first-order valence-corrected chi connectivity index (χ1v) is 7.42. The standard InChI is InChI=1S/C17H18ClN3.HI/c1-21(12-13-6-5-9-15(18)10-13)17-19-11-16(20-17)14-7-3-2-4-8-14;/h2-10,16H,11-12H2,1H3,(H,19,20);1H. The van der Waals surface area contributed by atoms with Crippen LogP contribution in [0.5, 0.6) is 0 Å². The molecule has 1 unspecified atom stereocenters. The Bertz CT molecular complexity index is 645. The van der Waals surface area contributed by atoms with E-state index >= 15 is 0 Å². The largest absolute Gasteiger partial charge is 0.348 e. The second-order valence-electron chi connectivity index (χ2n) is 5.26. The topological polar surface area (TPSA) is 27.6 Å². The molecule has 0 radical (unpaired) electrons. The van der Waals surface area contributed by atoms with Crippen LogP contribution in [0.25, 0.3) is 0 Å². The van der Waals surface area contributed by atoms with Gasteiger partial charge in [0.2, 0.25) is 0 Å². The van der Waals surface area contributed by atoms with Crippen molar-refractivity contribution in [3.05, 3.63) is 70.7 Å². The first kappa shape index (κ1) is 17.1. The third-order valence-electron chi connectivity index (χ3n) is 3.60. The number of aliphatic imine (C=N–C) groups is 1. The Hall–Kier alpha value is -1.27. The Morgan fingerprint density at radius 3 is 2.68 bits per heavy atom. The highest BCUT2D eigenvalue weighted by Gasteiger charge is 2.21. The summed E-state index contributed by atoms with van der Waals surface area (Å²) in [5.74, 6) is 0.934. The SMILES string of the molecule is CN(Cc1cccc(Cl)c1)C1=NCC(c2ccccc2)N1.I. The van der Waals surface area contributed by atoms with Gasteiger partial charge in [0.05, 0.1) is 12.6 Å². The molecule has 116 valence electrons. The molecule has 0 saturated carbocycles. The van der Waals surface area contributed by atoms with Crippen molar-refractivity contribution < 1.29 is 0 Å². The number of hydrogen-bond acceptors (Lipinski definition) is 3. The molecule has 3 rings (SSSR count). The monoisotopic (exact) mass is 427 g/mol. The lowest BCUT2D eigenvalue weighted by Crippen LogP contribution is -2.36. The van der Waals surface area contributed by atoms with Gasteiger partial charge in [-0.05, 0) is 23.3 Å². The van der Waals surface area contributed by atoms with Gasteiger partial charge in [-0.15, -0.1) is 24.0 Å². The van der Waals surface area contributed by atoms with E-state index in [1.54, 1.807) is 0 Å². The highest BCUT2D eigenvalue weighted by molar-refractivity contribution is 14.0. The van der Waals surface area contributed by atoms with Crippen molar-refractivity contribution in [1.29, 1.82) is 0 Å². The zero-order valence-corrected chi connectivity index (χ0v) is 15.5. The number of halogens is 2. The Kier molecular flexibility index (Phi) is 6.08.